The zero-order valence-corrected chi connectivity index (χ0v) is 19.4. The van der Waals surface area contributed by atoms with Gasteiger partial charge in [-0.05, 0) is 67.1 Å². The van der Waals surface area contributed by atoms with Gasteiger partial charge in [-0.1, -0.05) is 12.1 Å². The van der Waals surface area contributed by atoms with Crippen LogP contribution >= 0.6 is 0 Å². The highest BCUT2D eigenvalue weighted by molar-refractivity contribution is 6.05. The van der Waals surface area contributed by atoms with Crippen molar-refractivity contribution in [2.24, 2.45) is 0 Å². The van der Waals surface area contributed by atoms with Crippen LogP contribution in [-0.4, -0.2) is 26.1 Å². The number of aryl methyl sites for hydroxylation is 1. The highest BCUT2D eigenvalue weighted by Gasteiger charge is 2.31. The number of H-pyrrole nitrogens is 1. The molecule has 0 fully saturated rings. The number of carbonyl (C=O) groups excluding carboxylic acids is 1. The average molecular weight is 503 g/mol. The van der Waals surface area contributed by atoms with Crippen LogP contribution in [0, 0.1) is 6.92 Å². The number of alkyl halides is 3. The van der Waals surface area contributed by atoms with Crippen LogP contribution in [-0.2, 0) is 6.18 Å². The van der Waals surface area contributed by atoms with Crippen molar-refractivity contribution in [2.45, 2.75) is 13.1 Å². The summed E-state index contributed by atoms with van der Waals surface area (Å²) in [4.78, 5) is 23.4. The van der Waals surface area contributed by atoms with Crippen molar-refractivity contribution in [3.8, 4) is 0 Å². The number of nitrogens with two attached hydrogens (primary N) is 1. The summed E-state index contributed by atoms with van der Waals surface area (Å²) in [6.45, 7) is 1.89. The number of carbonyl (C=O) groups is 1. The lowest BCUT2D eigenvalue weighted by atomic mass is 10.1. The predicted octanol–water partition coefficient (Wildman–Crippen LogP) is 5.98. The Hall–Kier alpha value is -4.93. The number of aromatic amines is 1. The van der Waals surface area contributed by atoms with E-state index >= 15 is 0 Å². The molecule has 0 spiro atoms. The molecule has 0 aliphatic rings. The lowest BCUT2D eigenvalue weighted by molar-refractivity contribution is -0.137. The van der Waals surface area contributed by atoms with Gasteiger partial charge in [0.1, 0.15) is 6.33 Å². The van der Waals surface area contributed by atoms with Gasteiger partial charge in [0.2, 0.25) is 0 Å². The summed E-state index contributed by atoms with van der Waals surface area (Å²) in [6, 6.07) is 16.6. The number of nitrogens with zero attached hydrogens (tertiary/aromatic N) is 4. The van der Waals surface area contributed by atoms with E-state index in [4.69, 9.17) is 5.73 Å². The second-order valence-electron chi connectivity index (χ2n) is 8.29. The average Bonchev–Trinajstić information content (AvgIpc) is 3.36. The smallest absolute Gasteiger partial charge is 0.399 e. The van der Waals surface area contributed by atoms with Crippen molar-refractivity contribution >= 4 is 45.5 Å². The minimum atomic E-state index is -4.55. The van der Waals surface area contributed by atoms with E-state index in [1.54, 1.807) is 36.5 Å². The van der Waals surface area contributed by atoms with E-state index in [9.17, 15) is 18.0 Å². The largest absolute Gasteiger partial charge is 0.416 e. The van der Waals surface area contributed by atoms with Gasteiger partial charge in [0, 0.05) is 22.6 Å². The number of nitrogen functional groups attached to an aromatic ring is 1. The number of rotatable bonds is 5. The number of benzene rings is 3. The molecule has 0 aliphatic carbocycles. The molecule has 0 unspecified atom stereocenters. The van der Waals surface area contributed by atoms with Crippen LogP contribution in [0.25, 0.3) is 11.0 Å². The second kappa shape index (κ2) is 9.26. The van der Waals surface area contributed by atoms with Crippen LogP contribution in [0.4, 0.5) is 41.7 Å². The molecule has 37 heavy (non-hydrogen) atoms. The molecule has 186 valence electrons. The van der Waals surface area contributed by atoms with Gasteiger partial charge < -0.3 is 11.1 Å². The van der Waals surface area contributed by atoms with Crippen LogP contribution in [0.2, 0.25) is 0 Å². The van der Waals surface area contributed by atoms with Crippen LogP contribution in [0.15, 0.2) is 79.3 Å². The highest BCUT2D eigenvalue weighted by atomic mass is 19.4. The summed E-state index contributed by atoms with van der Waals surface area (Å²) in [5.74, 6) is -0.132. The molecular formula is C26H20F3N7O. The summed E-state index contributed by atoms with van der Waals surface area (Å²) in [5.41, 5.74) is 8.67. The van der Waals surface area contributed by atoms with Crippen molar-refractivity contribution in [3.05, 3.63) is 95.9 Å². The molecule has 5 aromatic rings. The SMILES string of the molecule is Cc1ccc(NC(=O)c2cccc(C(F)(F)F)c2)cc1N(c1ccc(N)cc1)c1ncnc2[nH]ncc12. The first kappa shape index (κ1) is 23.8. The molecule has 2 heterocycles. The number of nitrogens with one attached hydrogen (secondary N) is 2. The summed E-state index contributed by atoms with van der Waals surface area (Å²) in [7, 11) is 0. The van der Waals surface area contributed by atoms with Gasteiger partial charge in [-0.15, -0.1) is 0 Å². The van der Waals surface area contributed by atoms with Crippen molar-refractivity contribution in [3.63, 3.8) is 0 Å². The van der Waals surface area contributed by atoms with E-state index in [-0.39, 0.29) is 5.56 Å². The number of anilines is 5. The van der Waals surface area contributed by atoms with Crippen LogP contribution in [0.5, 0.6) is 0 Å². The van der Waals surface area contributed by atoms with Gasteiger partial charge in [0.25, 0.3) is 5.91 Å². The summed E-state index contributed by atoms with van der Waals surface area (Å²) < 4.78 is 39.4. The van der Waals surface area contributed by atoms with Gasteiger partial charge in [0.05, 0.1) is 22.8 Å². The Labute approximate surface area is 209 Å². The molecular weight excluding hydrogens is 483 g/mol. The lowest BCUT2D eigenvalue weighted by Gasteiger charge is -2.27. The number of hydrogen-bond donors (Lipinski definition) is 3. The maximum atomic E-state index is 13.1. The van der Waals surface area contributed by atoms with Gasteiger partial charge in [-0.25, -0.2) is 9.97 Å². The number of fused-ring (bicyclic) bond motifs is 1. The van der Waals surface area contributed by atoms with E-state index in [1.807, 2.05) is 24.0 Å². The minimum absolute atomic E-state index is 0.108. The number of amides is 1. The Morgan fingerprint density at radius 2 is 1.81 bits per heavy atom. The molecule has 8 nitrogen and oxygen atoms in total. The Kier molecular flexibility index (Phi) is 5.96. The van der Waals surface area contributed by atoms with Crippen molar-refractivity contribution in [2.75, 3.05) is 16.0 Å². The minimum Gasteiger partial charge on any atom is -0.399 e. The summed E-state index contributed by atoms with van der Waals surface area (Å²) in [5, 5.41) is 10.3. The Balaban J connectivity index is 1.57. The fourth-order valence-corrected chi connectivity index (χ4v) is 3.90. The lowest BCUT2D eigenvalue weighted by Crippen LogP contribution is -2.16. The first-order chi connectivity index (χ1) is 17.7. The quantitative estimate of drug-likeness (QED) is 0.254. The van der Waals surface area contributed by atoms with Crippen LogP contribution in [0.1, 0.15) is 21.5 Å². The molecule has 1 amide bonds. The molecule has 3 aromatic carbocycles. The molecule has 0 bridgehead atoms. The van der Waals surface area contributed by atoms with E-state index in [0.29, 0.717) is 33.9 Å². The topological polar surface area (TPSA) is 113 Å². The number of halogens is 3. The number of aromatic nitrogens is 4. The molecule has 11 heteroatoms. The van der Waals surface area contributed by atoms with Crippen molar-refractivity contribution in [1.29, 1.82) is 0 Å². The van der Waals surface area contributed by atoms with E-state index in [2.05, 4.69) is 25.5 Å². The normalized spacial score (nSPS) is 11.5. The Morgan fingerprint density at radius 1 is 1.03 bits per heavy atom. The fraction of sp³-hybridized carbons (Fsp3) is 0.0769. The first-order valence-electron chi connectivity index (χ1n) is 11.1. The summed E-state index contributed by atoms with van der Waals surface area (Å²) >= 11 is 0. The maximum Gasteiger partial charge on any atom is 0.416 e. The van der Waals surface area contributed by atoms with E-state index in [0.717, 1.165) is 23.4 Å². The van der Waals surface area contributed by atoms with E-state index < -0.39 is 17.6 Å². The zero-order chi connectivity index (χ0) is 26.2. The van der Waals surface area contributed by atoms with Crippen molar-refractivity contribution in [1.82, 2.24) is 20.2 Å². The predicted molar refractivity (Wildman–Crippen MR) is 135 cm³/mol. The van der Waals surface area contributed by atoms with Gasteiger partial charge in [-0.3, -0.25) is 14.8 Å². The van der Waals surface area contributed by atoms with Gasteiger partial charge >= 0.3 is 6.18 Å². The monoisotopic (exact) mass is 503 g/mol. The summed E-state index contributed by atoms with van der Waals surface area (Å²) in [6.07, 6.45) is -1.53. The Bertz CT molecular complexity index is 1600. The highest BCUT2D eigenvalue weighted by Crippen LogP contribution is 2.39. The van der Waals surface area contributed by atoms with Gasteiger partial charge in [0.15, 0.2) is 11.5 Å². The zero-order valence-electron chi connectivity index (χ0n) is 19.4. The third-order valence-corrected chi connectivity index (χ3v) is 5.75. The third-order valence-electron chi connectivity index (χ3n) is 5.75. The van der Waals surface area contributed by atoms with Crippen molar-refractivity contribution < 1.29 is 18.0 Å². The molecule has 0 saturated carbocycles. The molecule has 0 aliphatic heterocycles. The molecule has 0 radical (unpaired) electrons. The molecule has 2 aromatic heterocycles. The molecule has 0 saturated heterocycles. The number of hydrogen-bond acceptors (Lipinski definition) is 6. The molecule has 5 rings (SSSR count). The second-order valence-corrected chi connectivity index (χ2v) is 8.29. The standard InChI is InChI=1S/C26H20F3N7O/c1-15-5-8-19(34-25(37)16-3-2-4-17(11-16)26(27,28)29)12-22(15)36(20-9-6-18(30)7-10-20)24-21-13-33-35-23(21)31-14-32-24/h2-14H,30H2,1H3,(H,34,37)(H,31,32,33,35). The van der Waals surface area contributed by atoms with E-state index in [1.165, 1.54) is 18.5 Å². The maximum absolute atomic E-state index is 13.1. The first-order valence-corrected chi connectivity index (χ1v) is 11.1. The third kappa shape index (κ3) is 4.79. The van der Waals surface area contributed by atoms with Gasteiger partial charge in [-0.2, -0.15) is 18.3 Å². The van der Waals surface area contributed by atoms with Crippen LogP contribution < -0.4 is 16.0 Å². The fourth-order valence-electron chi connectivity index (χ4n) is 3.90. The van der Waals surface area contributed by atoms with Crippen LogP contribution in [0.3, 0.4) is 0 Å². The Morgan fingerprint density at radius 3 is 2.57 bits per heavy atom. The molecule has 0 atom stereocenters. The molecule has 4 N–H and O–H groups in total.